The second-order valence-electron chi connectivity index (χ2n) is 3.68. The Bertz CT molecular complexity index is 114. The minimum atomic E-state index is -0.293. The highest BCUT2D eigenvalue weighted by atomic mass is 16.3. The fraction of sp³-hybridized carbons (Fsp3) is 1.00. The third kappa shape index (κ3) is 2.80. The molecule has 0 aromatic carbocycles. The Balaban J connectivity index is 2.34. The third-order valence-corrected chi connectivity index (χ3v) is 2.44. The first-order valence-electron chi connectivity index (χ1n) is 4.60. The van der Waals surface area contributed by atoms with Gasteiger partial charge in [0.25, 0.3) is 0 Å². The first-order chi connectivity index (χ1) is 5.20. The zero-order valence-corrected chi connectivity index (χ0v) is 7.55. The summed E-state index contributed by atoms with van der Waals surface area (Å²) in [7, 11) is 0. The second-order valence-corrected chi connectivity index (χ2v) is 3.68. The van der Waals surface area contributed by atoms with Crippen LogP contribution in [0.25, 0.3) is 0 Å². The number of nitrogens with zero attached hydrogens (tertiary/aromatic N) is 1. The van der Waals surface area contributed by atoms with E-state index >= 15 is 0 Å². The molecule has 2 nitrogen and oxygen atoms in total. The third-order valence-electron chi connectivity index (χ3n) is 2.44. The minimum Gasteiger partial charge on any atom is -0.301 e. The molecule has 1 unspecified atom stereocenters. The largest absolute Gasteiger partial charge is 0.301 e. The number of hydrogen-bond acceptors (Lipinski definition) is 1. The van der Waals surface area contributed by atoms with Crippen molar-refractivity contribution in [2.45, 2.75) is 45.3 Å². The van der Waals surface area contributed by atoms with Crippen LogP contribution in [-0.4, -0.2) is 30.1 Å². The van der Waals surface area contributed by atoms with Gasteiger partial charge in [0, 0.05) is 12.6 Å². The summed E-state index contributed by atoms with van der Waals surface area (Å²) in [5, 5.41) is 11.1. The van der Waals surface area contributed by atoms with Crippen molar-refractivity contribution < 1.29 is 5.11 Å². The Morgan fingerprint density at radius 1 is 1.27 bits per heavy atom. The molecule has 65 valence electrons. The van der Waals surface area contributed by atoms with Crippen LogP contribution in [0.3, 0.4) is 0 Å². The summed E-state index contributed by atoms with van der Waals surface area (Å²) in [6, 6.07) is 0.611. The molecule has 0 bridgehead atoms. The summed E-state index contributed by atoms with van der Waals surface area (Å²) in [4.78, 5) is 2.40. The fourth-order valence-corrected chi connectivity index (χ4v) is 1.60. The van der Waals surface area contributed by atoms with Crippen LogP contribution in [0.1, 0.15) is 33.1 Å². The van der Waals surface area contributed by atoms with Gasteiger partial charge in [0.15, 0.2) is 0 Å². The highest BCUT2D eigenvalue weighted by Crippen LogP contribution is 2.12. The van der Waals surface area contributed by atoms with E-state index in [1.807, 2.05) is 0 Å². The van der Waals surface area contributed by atoms with Gasteiger partial charge in [0.05, 0.1) is 6.10 Å². The fourth-order valence-electron chi connectivity index (χ4n) is 1.60. The van der Waals surface area contributed by atoms with Crippen molar-refractivity contribution in [2.75, 3.05) is 13.1 Å². The van der Waals surface area contributed by atoms with E-state index in [0.717, 1.165) is 32.4 Å². The van der Waals surface area contributed by atoms with E-state index in [1.54, 1.807) is 0 Å². The van der Waals surface area contributed by atoms with Crippen molar-refractivity contribution in [1.82, 2.24) is 4.90 Å². The van der Waals surface area contributed by atoms with Crippen molar-refractivity contribution in [2.24, 2.45) is 0 Å². The molecule has 1 heterocycles. The predicted octanol–water partition coefficient (Wildman–Crippen LogP) is 1.68. The Labute approximate surface area is 69.2 Å². The molecule has 0 amide bonds. The van der Waals surface area contributed by atoms with E-state index in [1.165, 1.54) is 0 Å². The molecule has 0 spiro atoms. The van der Waals surface area contributed by atoms with E-state index in [4.69, 9.17) is 0 Å². The van der Waals surface area contributed by atoms with Gasteiger partial charge in [-0.25, -0.2) is 5.11 Å². The maximum Gasteiger partial charge on any atom is 0.0942 e. The zero-order chi connectivity index (χ0) is 8.27. The maximum atomic E-state index is 11.1. The van der Waals surface area contributed by atoms with Crippen LogP contribution in [0.4, 0.5) is 0 Å². The minimum absolute atomic E-state index is 0.293. The molecule has 11 heavy (non-hydrogen) atoms. The monoisotopic (exact) mass is 156 g/mol. The van der Waals surface area contributed by atoms with E-state index in [9.17, 15) is 5.11 Å². The van der Waals surface area contributed by atoms with E-state index in [-0.39, 0.29) is 6.10 Å². The lowest BCUT2D eigenvalue weighted by Crippen LogP contribution is -2.31. The summed E-state index contributed by atoms with van der Waals surface area (Å²) in [5.74, 6) is 0. The lowest BCUT2D eigenvalue weighted by atomic mass is 10.2. The van der Waals surface area contributed by atoms with Gasteiger partial charge < -0.3 is 4.90 Å². The predicted molar refractivity (Wildman–Crippen MR) is 45.0 cm³/mol. The summed E-state index contributed by atoms with van der Waals surface area (Å²) >= 11 is 0. The molecule has 0 aliphatic carbocycles. The van der Waals surface area contributed by atoms with Gasteiger partial charge >= 0.3 is 0 Å². The van der Waals surface area contributed by atoms with Crippen LogP contribution in [0.15, 0.2) is 0 Å². The molecule has 0 aromatic heterocycles. The quantitative estimate of drug-likeness (QED) is 0.566. The van der Waals surface area contributed by atoms with Crippen molar-refractivity contribution in [3.63, 3.8) is 0 Å². The first-order valence-corrected chi connectivity index (χ1v) is 4.60. The van der Waals surface area contributed by atoms with Crippen molar-refractivity contribution >= 4 is 0 Å². The van der Waals surface area contributed by atoms with Gasteiger partial charge in [-0.15, -0.1) is 0 Å². The average molecular weight is 156 g/mol. The summed E-state index contributed by atoms with van der Waals surface area (Å²) in [6.45, 7) is 6.53. The highest BCUT2D eigenvalue weighted by Gasteiger charge is 2.17. The molecule has 0 N–H and O–H groups in total. The van der Waals surface area contributed by atoms with Gasteiger partial charge in [-0.2, -0.15) is 0 Å². The van der Waals surface area contributed by atoms with Crippen molar-refractivity contribution in [1.29, 1.82) is 0 Å². The molecular weight excluding hydrogens is 138 g/mol. The topological polar surface area (TPSA) is 23.1 Å². The van der Waals surface area contributed by atoms with Gasteiger partial charge in [0.2, 0.25) is 0 Å². The lowest BCUT2D eigenvalue weighted by molar-refractivity contribution is 0.0746. The molecule has 1 atom stereocenters. The summed E-state index contributed by atoms with van der Waals surface area (Å²) in [6.07, 6.45) is 2.52. The van der Waals surface area contributed by atoms with E-state index in [0.29, 0.717) is 6.04 Å². The summed E-state index contributed by atoms with van der Waals surface area (Å²) < 4.78 is 0. The van der Waals surface area contributed by atoms with Crippen LogP contribution < -0.4 is 0 Å². The Morgan fingerprint density at radius 2 is 2.00 bits per heavy atom. The summed E-state index contributed by atoms with van der Waals surface area (Å²) in [5.41, 5.74) is 0. The maximum absolute atomic E-state index is 11.1. The molecule has 1 radical (unpaired) electrons. The number of hydrogen-bond donors (Lipinski definition) is 0. The lowest BCUT2D eigenvalue weighted by Gasteiger charge is -2.23. The molecule has 1 saturated heterocycles. The first kappa shape index (κ1) is 9.01. The molecule has 0 saturated carbocycles. The zero-order valence-electron chi connectivity index (χ0n) is 7.55. The number of likely N-dealkylation sites (tertiary alicyclic amines) is 1. The Hall–Kier alpha value is -0.0800. The molecule has 1 fully saturated rings. The normalized spacial score (nSPS) is 28.9. The van der Waals surface area contributed by atoms with Crippen molar-refractivity contribution in [3.8, 4) is 0 Å². The molecule has 1 aliphatic rings. The Kier molecular flexibility index (Phi) is 3.34. The molecule has 1 aliphatic heterocycles. The van der Waals surface area contributed by atoms with Crippen LogP contribution >= 0.6 is 0 Å². The smallest absolute Gasteiger partial charge is 0.0942 e. The van der Waals surface area contributed by atoms with Gasteiger partial charge in [-0.3, -0.25) is 0 Å². The van der Waals surface area contributed by atoms with E-state index in [2.05, 4.69) is 18.7 Å². The molecule has 2 heteroatoms. The SMILES string of the molecule is CC(C)N1CCCC([O])CC1. The molecular formula is C9H18NO. The average Bonchev–Trinajstić information content (AvgIpc) is 2.13. The van der Waals surface area contributed by atoms with Crippen LogP contribution in [0.2, 0.25) is 0 Å². The highest BCUT2D eigenvalue weighted by molar-refractivity contribution is 4.70. The Morgan fingerprint density at radius 3 is 2.64 bits per heavy atom. The van der Waals surface area contributed by atoms with Crippen molar-refractivity contribution in [3.05, 3.63) is 0 Å². The van der Waals surface area contributed by atoms with Gasteiger partial charge in [-0.1, -0.05) is 0 Å². The van der Waals surface area contributed by atoms with Crippen LogP contribution in [0.5, 0.6) is 0 Å². The van der Waals surface area contributed by atoms with E-state index < -0.39 is 0 Å². The van der Waals surface area contributed by atoms with Gasteiger partial charge in [0.1, 0.15) is 0 Å². The second kappa shape index (κ2) is 4.07. The number of rotatable bonds is 1. The molecule has 0 aromatic rings. The van der Waals surface area contributed by atoms with Gasteiger partial charge in [-0.05, 0) is 39.7 Å². The van der Waals surface area contributed by atoms with Crippen LogP contribution in [-0.2, 0) is 5.11 Å². The van der Waals surface area contributed by atoms with Crippen LogP contribution in [0, 0.1) is 0 Å². The standard InChI is InChI=1S/C9H18NO/c1-8(2)10-6-3-4-9(11)5-7-10/h8-9H,3-7H2,1-2H3. The molecule has 1 rings (SSSR count).